The van der Waals surface area contributed by atoms with E-state index in [-0.39, 0.29) is 97.2 Å². The number of carbonyl (C=O) groups is 10. The van der Waals surface area contributed by atoms with Gasteiger partial charge in [0, 0.05) is 79.3 Å². The largest absolute Gasteiger partial charge is 0.453 e. The molecule has 4 fully saturated rings. The van der Waals surface area contributed by atoms with Gasteiger partial charge in [-0.3, -0.25) is 53.0 Å². The van der Waals surface area contributed by atoms with Crippen molar-refractivity contribution in [1.82, 2.24) is 40.9 Å². The third-order valence-corrected chi connectivity index (χ3v) is 18.5. The molecule has 8 N–H and O–H groups in total. The second-order valence-electron chi connectivity index (χ2n) is 22.0. The van der Waals surface area contributed by atoms with E-state index in [4.69, 9.17) is 10.5 Å². The minimum Gasteiger partial charge on any atom is -0.453 e. The highest BCUT2D eigenvalue weighted by Crippen LogP contribution is 2.59. The molecule has 3 aromatic carbocycles. The first kappa shape index (κ1) is 62.4. The molecule has 5 aliphatic heterocycles. The molecular weight excluding hydrogens is 1170 g/mol. The molecule has 5 aliphatic rings. The summed E-state index contributed by atoms with van der Waals surface area (Å²) in [6.07, 6.45) is 1.61. The zero-order valence-electron chi connectivity index (χ0n) is 46.6. The zero-order chi connectivity index (χ0) is 61.8. The third-order valence-electron chi connectivity index (χ3n) is 16.4. The van der Waals surface area contributed by atoms with E-state index >= 15 is 0 Å². The lowest BCUT2D eigenvalue weighted by atomic mass is 9.91. The highest BCUT2D eigenvalue weighted by atomic mass is 32.1. The van der Waals surface area contributed by atoms with Crippen LogP contribution >= 0.6 is 18.9 Å². The van der Waals surface area contributed by atoms with Gasteiger partial charge in [0.05, 0.1) is 18.5 Å². The summed E-state index contributed by atoms with van der Waals surface area (Å²) in [5, 5.41) is 10.4. The molecule has 0 saturated carbocycles. The average molecular weight is 1230 g/mol. The molecule has 86 heavy (non-hydrogen) atoms. The number of amides is 10. The van der Waals surface area contributed by atoms with Crippen molar-refractivity contribution in [3.63, 3.8) is 0 Å². The summed E-state index contributed by atoms with van der Waals surface area (Å²) in [5.41, 5.74) is 2.34. The molecule has 1 aromatic heterocycles. The fourth-order valence-corrected chi connectivity index (χ4v) is 13.1. The van der Waals surface area contributed by atoms with Gasteiger partial charge in [0.25, 0.3) is 11.8 Å². The van der Waals surface area contributed by atoms with E-state index in [1.807, 2.05) is 6.07 Å². The van der Waals surface area contributed by atoms with Crippen LogP contribution in [0.25, 0.3) is 10.1 Å². The summed E-state index contributed by atoms with van der Waals surface area (Å²) in [6, 6.07) is 7.63. The van der Waals surface area contributed by atoms with Crippen LogP contribution in [-0.2, 0) is 61.5 Å². The highest BCUT2D eigenvalue weighted by Gasteiger charge is 2.51. The maximum Gasteiger partial charge on any atom is 0.409 e. The van der Waals surface area contributed by atoms with Gasteiger partial charge in [0.15, 0.2) is 0 Å². The molecule has 4 saturated heterocycles. The first-order chi connectivity index (χ1) is 40.9. The predicted octanol–water partition coefficient (Wildman–Crippen LogP) is 3.51. The summed E-state index contributed by atoms with van der Waals surface area (Å²) in [4.78, 5) is 159. The Labute approximate surface area is 495 Å². The summed E-state index contributed by atoms with van der Waals surface area (Å²) >= 11 is 0.827. The van der Waals surface area contributed by atoms with Crippen LogP contribution in [0.5, 0.6) is 0 Å². The van der Waals surface area contributed by atoms with E-state index in [0.717, 1.165) is 36.6 Å². The smallest absolute Gasteiger partial charge is 0.409 e. The van der Waals surface area contributed by atoms with Crippen LogP contribution in [0.15, 0.2) is 66.7 Å². The summed E-state index contributed by atoms with van der Waals surface area (Å²) in [7, 11) is -4.80. The van der Waals surface area contributed by atoms with Crippen LogP contribution in [0.3, 0.4) is 0 Å². The van der Waals surface area contributed by atoms with Gasteiger partial charge in [-0.25, -0.2) is 9.18 Å². The minimum absolute atomic E-state index is 0.0129. The number of hydrogen-bond acceptors (Lipinski definition) is 13. The molecular formula is C58H63F3N9O14PS. The first-order valence-electron chi connectivity index (χ1n) is 28.0. The first-order valence-corrected chi connectivity index (χ1v) is 30.4. The molecule has 6 heterocycles. The summed E-state index contributed by atoms with van der Waals surface area (Å²) in [6.45, 7) is 0.402. The van der Waals surface area contributed by atoms with Crippen LogP contribution in [0.1, 0.15) is 113 Å². The van der Waals surface area contributed by atoms with Crippen molar-refractivity contribution in [2.24, 2.45) is 11.7 Å². The van der Waals surface area contributed by atoms with Crippen LogP contribution in [0.4, 0.5) is 18.0 Å². The van der Waals surface area contributed by atoms with Gasteiger partial charge >= 0.3 is 19.4 Å². The molecule has 9 rings (SSSR count). The number of alkyl halides is 2. The van der Waals surface area contributed by atoms with Crippen LogP contribution < -0.4 is 27.0 Å². The van der Waals surface area contributed by atoms with Gasteiger partial charge < -0.3 is 55.8 Å². The second kappa shape index (κ2) is 26.2. The Balaban J connectivity index is 0.859. The molecule has 28 heteroatoms. The number of methoxy groups -OCH3 is 1. The molecule has 10 amide bonds. The van der Waals surface area contributed by atoms with E-state index in [2.05, 4.69) is 33.1 Å². The Morgan fingerprint density at radius 2 is 1.64 bits per heavy atom. The van der Waals surface area contributed by atoms with Gasteiger partial charge in [-0.1, -0.05) is 36.1 Å². The van der Waals surface area contributed by atoms with Gasteiger partial charge in [0.1, 0.15) is 36.0 Å². The predicted molar refractivity (Wildman–Crippen MR) is 302 cm³/mol. The van der Waals surface area contributed by atoms with Crippen molar-refractivity contribution in [1.29, 1.82) is 0 Å². The number of nitrogens with two attached hydrogens (primary N) is 1. The SMILES string of the molecule is COC(=O)N1CC[C@H]2CC[C@@H](C(=O)NC(CCC(N)=O)C(=O)NC(Cc3ccc(F)cc3)C(=O)N3CCC(CCC#Cc4cccc5c4CN(C4CCC(=O)NC4=O)C5=O)CC3)N2C(=O)[C@@H](NC(=O)c2cc3cc(C(F)(F)P(=O)(O)O)ccc3s2)C1. The number of halogens is 3. The van der Waals surface area contributed by atoms with Crippen molar-refractivity contribution in [2.45, 2.75) is 126 Å². The molecule has 3 unspecified atom stereocenters. The van der Waals surface area contributed by atoms with Crippen LogP contribution in [0.2, 0.25) is 0 Å². The average Bonchev–Trinajstić information content (AvgIpc) is 2.92. The number of piperidine rings is 2. The number of nitrogens with one attached hydrogen (secondary N) is 4. The Morgan fingerprint density at radius 1 is 0.907 bits per heavy atom. The molecule has 0 spiro atoms. The number of nitrogens with zero attached hydrogens (tertiary/aromatic N) is 4. The van der Waals surface area contributed by atoms with E-state index in [9.17, 15) is 75.5 Å². The lowest BCUT2D eigenvalue weighted by molar-refractivity contribution is -0.144. The van der Waals surface area contributed by atoms with Crippen molar-refractivity contribution >= 4 is 88.3 Å². The van der Waals surface area contributed by atoms with Crippen LogP contribution in [0, 0.1) is 23.6 Å². The molecule has 23 nitrogen and oxygen atoms in total. The number of imide groups is 1. The molecule has 0 radical (unpaired) electrons. The number of hydrogen-bond donors (Lipinski definition) is 7. The fraction of sp³-hybridized carbons (Fsp3) is 0.448. The van der Waals surface area contributed by atoms with Gasteiger partial charge in [-0.15, -0.1) is 11.3 Å². The minimum atomic E-state index is -5.93. The number of ether oxygens (including phenoxy) is 1. The van der Waals surface area contributed by atoms with Crippen molar-refractivity contribution < 1.29 is 80.2 Å². The van der Waals surface area contributed by atoms with Crippen molar-refractivity contribution in [2.75, 3.05) is 33.3 Å². The lowest BCUT2D eigenvalue weighted by Gasteiger charge is -2.38. The monoisotopic (exact) mass is 1230 g/mol. The van der Waals surface area contributed by atoms with Gasteiger partial charge in [-0.05, 0) is 116 Å². The number of benzene rings is 3. The normalized spacial score (nSPS) is 20.8. The molecule has 456 valence electrons. The number of rotatable bonds is 17. The number of likely N-dealkylation sites (tertiary alicyclic amines) is 1. The van der Waals surface area contributed by atoms with E-state index in [1.54, 1.807) is 17.0 Å². The summed E-state index contributed by atoms with van der Waals surface area (Å²) < 4.78 is 60.2. The topological polar surface area (TPSA) is 325 Å². The standard InChI is InChI=1S/C58H63F3N9O14PS/c1-84-57(80)68-26-23-38-14-16-45(70(38)56(79)43(31-68)65-53(76)47-29-35-28-36(11-18-46(35)86-47)58(60,61)85(81,82)83)52(75)63-41(15-19-48(62)71)50(73)64-42(27-33-9-12-37(59)13-10-33)55(78)67-24-21-32(22-25-67)5-2-3-6-34-7-4-8-39-40(34)30-69(54(39)77)44-17-20-49(72)66-51(44)74/h4,7-13,18,28-29,32,38,41-45H,2,5,14-17,19-27,30-31H2,1H3,(H2,62,71)(H,63,75)(H,64,73)(H,65,76)(H,66,72,74)(H2,81,82,83)/t38-,41?,42?,43+,44?,45+/m1/s1. The number of primary amides is 1. The van der Waals surface area contributed by atoms with E-state index in [1.165, 1.54) is 45.0 Å². The Hall–Kier alpha value is -8.18. The van der Waals surface area contributed by atoms with Crippen molar-refractivity contribution in [3.8, 4) is 11.8 Å². The fourth-order valence-electron chi connectivity index (χ4n) is 11.7. The summed E-state index contributed by atoms with van der Waals surface area (Å²) in [5.74, 6) is 0.247. The maximum absolute atomic E-state index is 14.7. The Kier molecular flexibility index (Phi) is 19.0. The van der Waals surface area contributed by atoms with E-state index in [0.29, 0.717) is 61.0 Å². The second-order valence-corrected chi connectivity index (χ2v) is 24.7. The maximum atomic E-state index is 14.7. The number of thiophene rings is 1. The molecule has 4 aromatic rings. The van der Waals surface area contributed by atoms with Gasteiger partial charge in [-0.2, -0.15) is 8.78 Å². The van der Waals surface area contributed by atoms with Crippen molar-refractivity contribution in [3.05, 3.63) is 105 Å². The quantitative estimate of drug-likeness (QED) is 0.0452. The molecule has 0 bridgehead atoms. The number of fused-ring (bicyclic) bond motifs is 3. The van der Waals surface area contributed by atoms with Crippen LogP contribution in [-0.4, -0.2) is 158 Å². The third kappa shape index (κ3) is 13.9. The van der Waals surface area contributed by atoms with E-state index < -0.39 is 115 Å². The lowest BCUT2D eigenvalue weighted by Crippen LogP contribution is -2.62. The van der Waals surface area contributed by atoms with Gasteiger partial charge in [0.2, 0.25) is 41.4 Å². The molecule has 0 aliphatic carbocycles. The molecule has 6 atom stereocenters. The number of carbonyl (C=O) groups excluding carboxylic acids is 10. The Bertz CT molecular complexity index is 3490. The zero-order valence-corrected chi connectivity index (χ0v) is 48.3. The Morgan fingerprint density at radius 3 is 2.34 bits per heavy atom. The highest BCUT2D eigenvalue weighted by molar-refractivity contribution is 7.52.